The molecule has 5 nitrogen and oxygen atoms in total. The Bertz CT molecular complexity index is 1260. The second kappa shape index (κ2) is 10.1. The molecular formula is C24H16BrClINO4. The number of cyclic esters (lactones) is 1. The topological polar surface area (TPSA) is 57.1 Å². The lowest BCUT2D eigenvalue weighted by Crippen LogP contribution is -2.05. The van der Waals surface area contributed by atoms with E-state index in [0.29, 0.717) is 34.3 Å². The number of ether oxygens (including phenoxy) is 3. The van der Waals surface area contributed by atoms with Crippen LogP contribution in [-0.4, -0.2) is 19.0 Å². The molecule has 3 aromatic carbocycles. The third kappa shape index (κ3) is 5.00. The second-order valence-corrected chi connectivity index (χ2v) is 9.15. The van der Waals surface area contributed by atoms with Crippen molar-refractivity contribution in [3.05, 3.63) is 96.1 Å². The summed E-state index contributed by atoms with van der Waals surface area (Å²) in [5, 5.41) is 0.364. The minimum atomic E-state index is -0.537. The molecule has 0 atom stereocenters. The van der Waals surface area contributed by atoms with Crippen molar-refractivity contribution in [3.8, 4) is 11.5 Å². The zero-order chi connectivity index (χ0) is 22.7. The Morgan fingerprint density at radius 3 is 2.66 bits per heavy atom. The van der Waals surface area contributed by atoms with E-state index >= 15 is 0 Å². The Morgan fingerprint density at radius 1 is 1.16 bits per heavy atom. The molecule has 1 aliphatic rings. The van der Waals surface area contributed by atoms with Crippen LogP contribution >= 0.6 is 50.1 Å². The van der Waals surface area contributed by atoms with Crippen LogP contribution in [0.15, 0.2) is 75.8 Å². The highest BCUT2D eigenvalue weighted by Gasteiger charge is 2.25. The molecule has 0 bridgehead atoms. The number of halogens is 3. The molecule has 0 saturated heterocycles. The molecule has 1 aliphatic heterocycles. The number of rotatable bonds is 6. The van der Waals surface area contributed by atoms with Crippen molar-refractivity contribution >= 4 is 68.1 Å². The lowest BCUT2D eigenvalue weighted by molar-refractivity contribution is -0.129. The fraction of sp³-hybridized carbons (Fsp3) is 0.0833. The summed E-state index contributed by atoms with van der Waals surface area (Å²) in [4.78, 5) is 16.7. The fourth-order valence-electron chi connectivity index (χ4n) is 3.05. The summed E-state index contributed by atoms with van der Waals surface area (Å²) < 4.78 is 18.7. The minimum absolute atomic E-state index is 0.168. The van der Waals surface area contributed by atoms with Crippen molar-refractivity contribution < 1.29 is 19.0 Å². The van der Waals surface area contributed by atoms with Gasteiger partial charge in [0.1, 0.15) is 6.61 Å². The van der Waals surface area contributed by atoms with E-state index in [1.54, 1.807) is 18.2 Å². The number of esters is 1. The van der Waals surface area contributed by atoms with Crippen molar-refractivity contribution in [1.82, 2.24) is 0 Å². The van der Waals surface area contributed by atoms with E-state index in [1.807, 2.05) is 48.5 Å². The molecule has 32 heavy (non-hydrogen) atoms. The number of methoxy groups -OCH3 is 1. The van der Waals surface area contributed by atoms with Gasteiger partial charge in [-0.1, -0.05) is 41.9 Å². The molecule has 0 spiro atoms. The highest BCUT2D eigenvalue weighted by Crippen LogP contribution is 2.38. The molecule has 0 aliphatic carbocycles. The van der Waals surface area contributed by atoms with Crippen LogP contribution in [0.4, 0.5) is 0 Å². The van der Waals surface area contributed by atoms with E-state index in [0.717, 1.165) is 13.6 Å². The van der Waals surface area contributed by atoms with Crippen LogP contribution in [0.25, 0.3) is 6.08 Å². The fourth-order valence-corrected chi connectivity index (χ4v) is 4.32. The average Bonchev–Trinajstić information content (AvgIpc) is 3.14. The van der Waals surface area contributed by atoms with Gasteiger partial charge in [-0.3, -0.25) is 0 Å². The van der Waals surface area contributed by atoms with Gasteiger partial charge < -0.3 is 14.2 Å². The predicted octanol–water partition coefficient (Wildman–Crippen LogP) is 6.64. The average molecular weight is 625 g/mol. The van der Waals surface area contributed by atoms with Crippen LogP contribution in [0.3, 0.4) is 0 Å². The molecule has 0 unspecified atom stereocenters. The van der Waals surface area contributed by atoms with E-state index in [2.05, 4.69) is 43.5 Å². The summed E-state index contributed by atoms with van der Waals surface area (Å²) in [6.45, 7) is 0.349. The first-order valence-corrected chi connectivity index (χ1v) is 11.7. The molecule has 0 radical (unpaired) electrons. The Morgan fingerprint density at radius 2 is 1.91 bits per heavy atom. The van der Waals surface area contributed by atoms with Gasteiger partial charge in [0.15, 0.2) is 17.2 Å². The summed E-state index contributed by atoms with van der Waals surface area (Å²) >= 11 is 12.2. The van der Waals surface area contributed by atoms with Crippen molar-refractivity contribution in [2.75, 3.05) is 7.11 Å². The number of benzene rings is 3. The highest BCUT2D eigenvalue weighted by atomic mass is 127. The second-order valence-electron chi connectivity index (χ2n) is 6.73. The number of carbonyl (C=O) groups is 1. The number of hydrogen-bond donors (Lipinski definition) is 0. The van der Waals surface area contributed by atoms with Crippen molar-refractivity contribution in [2.24, 2.45) is 4.99 Å². The van der Waals surface area contributed by atoms with Crippen LogP contribution in [-0.2, 0) is 16.1 Å². The molecule has 8 heteroatoms. The Hall–Kier alpha value is -2.36. The molecule has 162 valence electrons. The summed E-state index contributed by atoms with van der Waals surface area (Å²) in [5.41, 5.74) is 2.54. The van der Waals surface area contributed by atoms with E-state index in [-0.39, 0.29) is 11.6 Å². The van der Waals surface area contributed by atoms with Crippen molar-refractivity contribution in [3.63, 3.8) is 0 Å². The molecule has 0 saturated carbocycles. The maximum atomic E-state index is 12.4. The first kappa shape index (κ1) is 22.8. The van der Waals surface area contributed by atoms with E-state index in [1.165, 1.54) is 7.11 Å². The van der Waals surface area contributed by atoms with Gasteiger partial charge in [0.25, 0.3) is 0 Å². The normalized spacial score (nSPS) is 14.3. The van der Waals surface area contributed by atoms with E-state index < -0.39 is 5.97 Å². The smallest absolute Gasteiger partial charge is 0.363 e. The highest BCUT2D eigenvalue weighted by molar-refractivity contribution is 14.1. The molecule has 0 fully saturated rings. The lowest BCUT2D eigenvalue weighted by Gasteiger charge is -2.14. The van der Waals surface area contributed by atoms with Gasteiger partial charge >= 0.3 is 5.97 Å². The monoisotopic (exact) mass is 623 g/mol. The minimum Gasteiger partial charge on any atom is -0.493 e. The number of hydrogen-bond acceptors (Lipinski definition) is 5. The zero-order valence-electron chi connectivity index (χ0n) is 16.8. The molecule has 0 aromatic heterocycles. The largest absolute Gasteiger partial charge is 0.493 e. The van der Waals surface area contributed by atoms with Crippen molar-refractivity contribution in [2.45, 2.75) is 6.61 Å². The number of nitrogens with zero attached hydrogens (tertiary/aromatic N) is 1. The quantitative estimate of drug-likeness (QED) is 0.175. The maximum absolute atomic E-state index is 12.4. The van der Waals surface area contributed by atoms with Gasteiger partial charge in [0.2, 0.25) is 5.90 Å². The molecule has 0 N–H and O–H groups in total. The number of carbonyl (C=O) groups excluding carboxylic acids is 1. The summed E-state index contributed by atoms with van der Waals surface area (Å²) in [6, 6.07) is 18.8. The van der Waals surface area contributed by atoms with Gasteiger partial charge in [0, 0.05) is 13.6 Å². The van der Waals surface area contributed by atoms with Gasteiger partial charge in [-0.05, 0) is 80.5 Å². The van der Waals surface area contributed by atoms with Crippen LogP contribution < -0.4 is 9.47 Å². The first-order chi connectivity index (χ1) is 15.5. The third-order valence-corrected chi connectivity index (χ3v) is 6.63. The predicted molar refractivity (Wildman–Crippen MR) is 136 cm³/mol. The summed E-state index contributed by atoms with van der Waals surface area (Å²) in [5.74, 6) is 0.591. The molecule has 1 heterocycles. The zero-order valence-corrected chi connectivity index (χ0v) is 21.3. The van der Waals surface area contributed by atoms with Gasteiger partial charge in [-0.15, -0.1) is 0 Å². The molecule has 0 amide bonds. The SMILES string of the molecule is COc1cc(/C=C2\N=C(c3ccccc3Br)OC2=O)cc(Cl)c1OCc1ccccc1I. The summed E-state index contributed by atoms with van der Waals surface area (Å²) in [6.07, 6.45) is 1.60. The third-order valence-electron chi connectivity index (χ3n) is 4.61. The standard InChI is InChI=1S/C24H16BrClINO4/c1-30-21-12-14(10-18(26)22(21)31-13-15-6-2-5-9-19(15)27)11-20-24(29)32-23(28-20)16-7-3-4-8-17(16)25/h2-12H,13H2,1H3/b20-11-. The van der Waals surface area contributed by atoms with Gasteiger partial charge in [-0.25, -0.2) is 9.79 Å². The molecule has 3 aromatic rings. The number of aliphatic imine (C=N–C) groups is 1. The Balaban J connectivity index is 1.61. The van der Waals surface area contributed by atoms with Gasteiger partial charge in [-0.2, -0.15) is 0 Å². The molecular weight excluding hydrogens is 609 g/mol. The maximum Gasteiger partial charge on any atom is 0.363 e. The van der Waals surface area contributed by atoms with E-state index in [4.69, 9.17) is 25.8 Å². The van der Waals surface area contributed by atoms with Crippen LogP contribution in [0.1, 0.15) is 16.7 Å². The van der Waals surface area contributed by atoms with Crippen molar-refractivity contribution in [1.29, 1.82) is 0 Å². The van der Waals surface area contributed by atoms with Crippen LogP contribution in [0.2, 0.25) is 5.02 Å². The molecule has 4 rings (SSSR count). The Labute approximate surface area is 212 Å². The van der Waals surface area contributed by atoms with Crippen LogP contribution in [0.5, 0.6) is 11.5 Å². The van der Waals surface area contributed by atoms with E-state index in [9.17, 15) is 4.79 Å². The lowest BCUT2D eigenvalue weighted by atomic mass is 10.1. The first-order valence-electron chi connectivity index (χ1n) is 9.47. The van der Waals surface area contributed by atoms with Crippen LogP contribution in [0, 0.1) is 3.57 Å². The Kier molecular flexibility index (Phi) is 7.17. The summed E-state index contributed by atoms with van der Waals surface area (Å²) in [7, 11) is 1.54. The van der Waals surface area contributed by atoms with Gasteiger partial charge in [0.05, 0.1) is 17.7 Å².